The van der Waals surface area contributed by atoms with Gasteiger partial charge in [0.15, 0.2) is 6.17 Å². The second-order valence-electron chi connectivity index (χ2n) is 3.79. The van der Waals surface area contributed by atoms with Crippen LogP contribution in [0.5, 0.6) is 0 Å². The van der Waals surface area contributed by atoms with Gasteiger partial charge in [0.05, 0.1) is 13.7 Å². The summed E-state index contributed by atoms with van der Waals surface area (Å²) < 4.78 is 28.4. The molecular weight excluding hydrogens is 239 g/mol. The van der Waals surface area contributed by atoms with Gasteiger partial charge in [-0.2, -0.15) is 0 Å². The number of methoxy groups -OCH3 is 2. The van der Waals surface area contributed by atoms with Crippen LogP contribution in [0.1, 0.15) is 22.3 Å². The van der Waals surface area contributed by atoms with Crippen LogP contribution < -0.4 is 0 Å². The van der Waals surface area contributed by atoms with E-state index in [1.165, 1.54) is 14.2 Å². The molecule has 0 aliphatic rings. The predicted octanol–water partition coefficient (Wildman–Crippen LogP) is 2.88. The average Bonchev–Trinajstić information content (AvgIpc) is 2.81. The number of esters is 1. The molecule has 1 aromatic carbocycles. The quantitative estimate of drug-likeness (QED) is 0.785. The number of para-hydroxylation sites is 1. The standard InChI is InChI=1S/C13H13FO4/c1-16-7-10(14)11-6-8-4-3-5-9(12(8)18-11)13(15)17-2/h3-6,10H,7H2,1-2H3. The van der Waals surface area contributed by atoms with E-state index in [0.717, 1.165) is 0 Å². The second-order valence-corrected chi connectivity index (χ2v) is 3.79. The minimum atomic E-state index is -1.35. The number of carbonyl (C=O) groups excluding carboxylic acids is 1. The summed E-state index contributed by atoms with van der Waals surface area (Å²) >= 11 is 0. The van der Waals surface area contributed by atoms with Crippen LogP contribution in [0.25, 0.3) is 11.0 Å². The molecule has 1 unspecified atom stereocenters. The van der Waals surface area contributed by atoms with E-state index in [2.05, 4.69) is 4.74 Å². The Hall–Kier alpha value is -1.88. The number of carbonyl (C=O) groups is 1. The topological polar surface area (TPSA) is 48.7 Å². The maximum atomic E-state index is 13.7. The van der Waals surface area contributed by atoms with Gasteiger partial charge in [-0.25, -0.2) is 9.18 Å². The molecule has 2 aromatic rings. The van der Waals surface area contributed by atoms with Crippen LogP contribution in [0.4, 0.5) is 4.39 Å². The Morgan fingerprint density at radius 2 is 2.22 bits per heavy atom. The first-order chi connectivity index (χ1) is 8.67. The molecule has 0 fully saturated rings. The molecule has 96 valence electrons. The first kappa shape index (κ1) is 12.6. The lowest BCUT2D eigenvalue weighted by molar-refractivity contribution is 0.0601. The number of halogens is 1. The fraction of sp³-hybridized carbons (Fsp3) is 0.308. The molecule has 0 bridgehead atoms. The summed E-state index contributed by atoms with van der Waals surface area (Å²) in [7, 11) is 2.70. The predicted molar refractivity (Wildman–Crippen MR) is 63.3 cm³/mol. The third-order valence-corrected chi connectivity index (χ3v) is 2.59. The van der Waals surface area contributed by atoms with E-state index in [4.69, 9.17) is 9.15 Å². The molecule has 0 N–H and O–H groups in total. The Kier molecular flexibility index (Phi) is 3.62. The smallest absolute Gasteiger partial charge is 0.341 e. The van der Waals surface area contributed by atoms with Crippen LogP contribution >= 0.6 is 0 Å². The highest BCUT2D eigenvalue weighted by molar-refractivity contribution is 6.02. The minimum Gasteiger partial charge on any atom is -0.465 e. The summed E-state index contributed by atoms with van der Waals surface area (Å²) in [5, 5.41) is 0.659. The second kappa shape index (κ2) is 5.18. The molecule has 0 saturated heterocycles. The van der Waals surface area contributed by atoms with Crippen LogP contribution in [-0.4, -0.2) is 26.8 Å². The molecule has 0 saturated carbocycles. The first-order valence-corrected chi connectivity index (χ1v) is 5.41. The van der Waals surface area contributed by atoms with E-state index in [0.29, 0.717) is 11.0 Å². The van der Waals surface area contributed by atoms with Crippen LogP contribution in [0.3, 0.4) is 0 Å². The number of furan rings is 1. The van der Waals surface area contributed by atoms with Crippen molar-refractivity contribution in [2.75, 3.05) is 20.8 Å². The van der Waals surface area contributed by atoms with E-state index in [-0.39, 0.29) is 17.9 Å². The first-order valence-electron chi connectivity index (χ1n) is 5.41. The molecule has 1 aromatic heterocycles. The van der Waals surface area contributed by atoms with E-state index in [1.54, 1.807) is 24.3 Å². The van der Waals surface area contributed by atoms with Crippen molar-refractivity contribution < 1.29 is 23.1 Å². The van der Waals surface area contributed by atoms with E-state index in [9.17, 15) is 9.18 Å². The summed E-state index contributed by atoms with van der Waals surface area (Å²) in [6.45, 7) is -0.0899. The molecule has 0 radical (unpaired) electrons. The van der Waals surface area contributed by atoms with Gasteiger partial charge < -0.3 is 13.9 Å². The Morgan fingerprint density at radius 3 is 2.89 bits per heavy atom. The van der Waals surface area contributed by atoms with Crippen molar-refractivity contribution in [1.82, 2.24) is 0 Å². The van der Waals surface area contributed by atoms with Gasteiger partial charge >= 0.3 is 5.97 Å². The highest BCUT2D eigenvalue weighted by Gasteiger charge is 2.19. The molecule has 4 nitrogen and oxygen atoms in total. The lowest BCUT2D eigenvalue weighted by Crippen LogP contribution is -2.01. The van der Waals surface area contributed by atoms with Crippen molar-refractivity contribution in [3.63, 3.8) is 0 Å². The van der Waals surface area contributed by atoms with Crippen molar-refractivity contribution in [2.24, 2.45) is 0 Å². The van der Waals surface area contributed by atoms with Gasteiger partial charge in [-0.05, 0) is 12.1 Å². The third kappa shape index (κ3) is 2.22. The summed E-state index contributed by atoms with van der Waals surface area (Å²) in [5.74, 6) is -0.369. The molecule has 0 spiro atoms. The fourth-order valence-electron chi connectivity index (χ4n) is 1.74. The van der Waals surface area contributed by atoms with Crippen LogP contribution in [-0.2, 0) is 9.47 Å². The van der Waals surface area contributed by atoms with Crippen molar-refractivity contribution >= 4 is 16.9 Å². The third-order valence-electron chi connectivity index (χ3n) is 2.59. The molecule has 0 amide bonds. The van der Waals surface area contributed by atoms with Gasteiger partial charge in [0.25, 0.3) is 0 Å². The summed E-state index contributed by atoms with van der Waals surface area (Å²) in [5.41, 5.74) is 0.615. The van der Waals surface area contributed by atoms with Crippen LogP contribution in [0.2, 0.25) is 0 Å². The van der Waals surface area contributed by atoms with Crippen molar-refractivity contribution in [2.45, 2.75) is 6.17 Å². The molecule has 5 heteroatoms. The zero-order valence-electron chi connectivity index (χ0n) is 10.1. The normalized spacial score (nSPS) is 12.6. The van der Waals surface area contributed by atoms with Crippen molar-refractivity contribution in [3.8, 4) is 0 Å². The van der Waals surface area contributed by atoms with Gasteiger partial charge in [-0.15, -0.1) is 0 Å². The molecule has 1 atom stereocenters. The minimum absolute atomic E-state index is 0.0899. The summed E-state index contributed by atoms with van der Waals surface area (Å²) in [6, 6.07) is 6.57. The molecule has 18 heavy (non-hydrogen) atoms. The number of alkyl halides is 1. The monoisotopic (exact) mass is 252 g/mol. The van der Waals surface area contributed by atoms with Crippen molar-refractivity contribution in [3.05, 3.63) is 35.6 Å². The number of ether oxygens (including phenoxy) is 2. The average molecular weight is 252 g/mol. The molecule has 1 heterocycles. The zero-order valence-corrected chi connectivity index (χ0v) is 10.1. The number of benzene rings is 1. The number of hydrogen-bond donors (Lipinski definition) is 0. The number of hydrogen-bond acceptors (Lipinski definition) is 4. The summed E-state index contributed by atoms with van der Waals surface area (Å²) in [6.07, 6.45) is -1.35. The van der Waals surface area contributed by atoms with Crippen molar-refractivity contribution in [1.29, 1.82) is 0 Å². The van der Waals surface area contributed by atoms with Crippen LogP contribution in [0, 0.1) is 0 Å². The molecule has 0 aliphatic heterocycles. The van der Waals surface area contributed by atoms with E-state index >= 15 is 0 Å². The fourth-order valence-corrected chi connectivity index (χ4v) is 1.74. The van der Waals surface area contributed by atoms with Crippen LogP contribution in [0.15, 0.2) is 28.7 Å². The highest BCUT2D eigenvalue weighted by atomic mass is 19.1. The maximum absolute atomic E-state index is 13.7. The molecule has 2 rings (SSSR count). The summed E-state index contributed by atoms with van der Waals surface area (Å²) in [4.78, 5) is 11.5. The van der Waals surface area contributed by atoms with Gasteiger partial charge in [-0.1, -0.05) is 12.1 Å². The molecule has 0 aliphatic carbocycles. The van der Waals surface area contributed by atoms with Gasteiger partial charge in [0.2, 0.25) is 0 Å². The molecular formula is C13H13FO4. The zero-order chi connectivity index (χ0) is 13.1. The highest BCUT2D eigenvalue weighted by Crippen LogP contribution is 2.28. The van der Waals surface area contributed by atoms with Gasteiger partial charge in [0, 0.05) is 12.5 Å². The van der Waals surface area contributed by atoms with Gasteiger partial charge in [0.1, 0.15) is 16.9 Å². The Morgan fingerprint density at radius 1 is 1.44 bits per heavy atom. The van der Waals surface area contributed by atoms with E-state index in [1.807, 2.05) is 0 Å². The Labute approximate surface area is 103 Å². The lowest BCUT2D eigenvalue weighted by atomic mass is 10.1. The number of rotatable bonds is 4. The van der Waals surface area contributed by atoms with Gasteiger partial charge in [-0.3, -0.25) is 0 Å². The Bertz CT molecular complexity index is 561. The van der Waals surface area contributed by atoms with E-state index < -0.39 is 12.1 Å². The SMILES string of the molecule is COCC(F)c1cc2cccc(C(=O)OC)c2o1. The number of fused-ring (bicyclic) bond motifs is 1. The largest absolute Gasteiger partial charge is 0.465 e. The Balaban J connectivity index is 2.47. The lowest BCUT2D eigenvalue weighted by Gasteiger charge is -2.02. The maximum Gasteiger partial charge on any atom is 0.341 e.